The van der Waals surface area contributed by atoms with Gasteiger partial charge in [0.25, 0.3) is 0 Å². The molecule has 0 bridgehead atoms. The molecule has 0 aromatic carbocycles. The number of piperidine rings is 1. The molecule has 1 aromatic rings. The number of halogens is 1. The lowest BCUT2D eigenvalue weighted by atomic mass is 10.0. The highest BCUT2D eigenvalue weighted by molar-refractivity contribution is 6.28. The number of aromatic nitrogens is 2. The fourth-order valence-electron chi connectivity index (χ4n) is 2.61. The van der Waals surface area contributed by atoms with Crippen LogP contribution < -0.4 is 5.32 Å². The third-order valence-corrected chi connectivity index (χ3v) is 3.81. The Balaban J connectivity index is 1.87. The SMILES string of the molecule is CC(C)(C)OC(=O)N1CCCC[C@@H]1CNCc1ccnc(Cl)n1. The quantitative estimate of drug-likeness (QED) is 0.853. The van der Waals surface area contributed by atoms with Crippen LogP contribution in [0.2, 0.25) is 5.28 Å². The molecule has 1 fully saturated rings. The Morgan fingerprint density at radius 1 is 1.48 bits per heavy atom. The highest BCUT2D eigenvalue weighted by Crippen LogP contribution is 2.20. The van der Waals surface area contributed by atoms with Gasteiger partial charge in [0.15, 0.2) is 0 Å². The van der Waals surface area contributed by atoms with Crippen LogP contribution in [0, 0.1) is 0 Å². The van der Waals surface area contributed by atoms with Gasteiger partial charge in [-0.15, -0.1) is 0 Å². The Kier molecular flexibility index (Phi) is 6.18. The van der Waals surface area contributed by atoms with E-state index < -0.39 is 5.60 Å². The van der Waals surface area contributed by atoms with E-state index in [0.717, 1.165) is 31.5 Å². The van der Waals surface area contributed by atoms with Crippen molar-refractivity contribution >= 4 is 17.7 Å². The molecule has 0 saturated carbocycles. The summed E-state index contributed by atoms with van der Waals surface area (Å²) in [5, 5.41) is 3.60. The van der Waals surface area contributed by atoms with Crippen molar-refractivity contribution in [2.75, 3.05) is 13.1 Å². The molecule has 128 valence electrons. The fraction of sp³-hybridized carbons (Fsp3) is 0.688. The van der Waals surface area contributed by atoms with E-state index in [9.17, 15) is 4.79 Å². The molecule has 1 saturated heterocycles. The summed E-state index contributed by atoms with van der Waals surface area (Å²) in [6.07, 6.45) is 4.55. The summed E-state index contributed by atoms with van der Waals surface area (Å²) in [5.74, 6) is 0. The predicted molar refractivity (Wildman–Crippen MR) is 89.3 cm³/mol. The summed E-state index contributed by atoms with van der Waals surface area (Å²) in [7, 11) is 0. The standard InChI is InChI=1S/C16H25ClN4O2/c1-16(2,3)23-15(22)21-9-5-4-6-13(21)11-18-10-12-7-8-19-14(17)20-12/h7-8,13,18H,4-6,9-11H2,1-3H3/t13-/m1/s1. The van der Waals surface area contributed by atoms with Crippen LogP contribution in [0.5, 0.6) is 0 Å². The minimum atomic E-state index is -0.468. The van der Waals surface area contributed by atoms with E-state index in [-0.39, 0.29) is 17.4 Å². The van der Waals surface area contributed by atoms with Crippen molar-refractivity contribution < 1.29 is 9.53 Å². The van der Waals surface area contributed by atoms with E-state index in [0.29, 0.717) is 13.1 Å². The second-order valence-corrected chi connectivity index (χ2v) is 7.11. The lowest BCUT2D eigenvalue weighted by molar-refractivity contribution is 0.00993. The summed E-state index contributed by atoms with van der Waals surface area (Å²) >= 11 is 5.78. The summed E-state index contributed by atoms with van der Waals surface area (Å²) in [4.78, 5) is 22.2. The lowest BCUT2D eigenvalue weighted by Gasteiger charge is -2.36. The molecule has 0 radical (unpaired) electrons. The number of amides is 1. The van der Waals surface area contributed by atoms with Crippen molar-refractivity contribution in [3.05, 3.63) is 23.2 Å². The van der Waals surface area contributed by atoms with E-state index in [1.54, 1.807) is 6.20 Å². The zero-order valence-electron chi connectivity index (χ0n) is 14.0. The van der Waals surface area contributed by atoms with Gasteiger partial charge >= 0.3 is 6.09 Å². The molecule has 6 nitrogen and oxygen atoms in total. The Morgan fingerprint density at radius 3 is 2.96 bits per heavy atom. The van der Waals surface area contributed by atoms with Crippen molar-refractivity contribution in [2.45, 2.75) is 58.2 Å². The van der Waals surface area contributed by atoms with Gasteiger partial charge in [-0.2, -0.15) is 0 Å². The van der Waals surface area contributed by atoms with Crippen molar-refractivity contribution in [2.24, 2.45) is 0 Å². The molecule has 0 aliphatic carbocycles. The topological polar surface area (TPSA) is 67.3 Å². The number of hydrogen-bond acceptors (Lipinski definition) is 5. The summed E-state index contributed by atoms with van der Waals surface area (Å²) in [6, 6.07) is 1.97. The monoisotopic (exact) mass is 340 g/mol. The van der Waals surface area contributed by atoms with Gasteiger partial charge in [-0.25, -0.2) is 14.8 Å². The van der Waals surface area contributed by atoms with Crippen molar-refractivity contribution in [3.8, 4) is 0 Å². The van der Waals surface area contributed by atoms with E-state index in [1.807, 2.05) is 31.7 Å². The van der Waals surface area contributed by atoms with Gasteiger partial charge in [-0.1, -0.05) is 0 Å². The lowest BCUT2D eigenvalue weighted by Crippen LogP contribution is -2.50. The minimum Gasteiger partial charge on any atom is -0.444 e. The molecular weight excluding hydrogens is 316 g/mol. The molecule has 2 heterocycles. The third-order valence-electron chi connectivity index (χ3n) is 3.63. The maximum atomic E-state index is 12.3. The molecule has 0 spiro atoms. The number of carbonyl (C=O) groups excluding carboxylic acids is 1. The van der Waals surface area contributed by atoms with Gasteiger partial charge in [0.1, 0.15) is 5.60 Å². The van der Waals surface area contributed by atoms with E-state index in [2.05, 4.69) is 15.3 Å². The van der Waals surface area contributed by atoms with E-state index >= 15 is 0 Å². The molecule has 7 heteroatoms. The predicted octanol–water partition coefficient (Wildman–Crippen LogP) is 3.01. The molecule has 1 N–H and O–H groups in total. The molecule has 1 atom stereocenters. The second kappa shape index (κ2) is 7.93. The Labute approximate surface area is 142 Å². The average Bonchev–Trinajstić information content (AvgIpc) is 2.46. The summed E-state index contributed by atoms with van der Waals surface area (Å²) < 4.78 is 5.51. The van der Waals surface area contributed by atoms with Crippen molar-refractivity contribution in [3.63, 3.8) is 0 Å². The van der Waals surface area contributed by atoms with Gasteiger partial charge < -0.3 is 15.0 Å². The van der Waals surface area contributed by atoms with Crippen molar-refractivity contribution in [1.82, 2.24) is 20.2 Å². The number of ether oxygens (including phenoxy) is 1. The van der Waals surface area contributed by atoms with Gasteiger partial charge in [-0.3, -0.25) is 0 Å². The molecular formula is C16H25ClN4O2. The van der Waals surface area contributed by atoms with Crippen molar-refractivity contribution in [1.29, 1.82) is 0 Å². The normalized spacial score (nSPS) is 18.8. The highest BCUT2D eigenvalue weighted by Gasteiger charge is 2.30. The number of rotatable bonds is 4. The van der Waals surface area contributed by atoms with Crippen LogP contribution >= 0.6 is 11.6 Å². The van der Waals surface area contributed by atoms with Gasteiger partial charge in [0.05, 0.1) is 5.69 Å². The van der Waals surface area contributed by atoms with Crippen LogP contribution in [0.15, 0.2) is 12.3 Å². The third kappa shape index (κ3) is 5.95. The average molecular weight is 341 g/mol. The molecule has 2 rings (SSSR count). The van der Waals surface area contributed by atoms with Crippen LogP contribution in [0.1, 0.15) is 45.7 Å². The summed E-state index contributed by atoms with van der Waals surface area (Å²) in [5.41, 5.74) is 0.370. The van der Waals surface area contributed by atoms with E-state index in [4.69, 9.17) is 16.3 Å². The van der Waals surface area contributed by atoms with Gasteiger partial charge in [-0.05, 0) is 57.7 Å². The zero-order chi connectivity index (χ0) is 16.9. The maximum Gasteiger partial charge on any atom is 0.410 e. The number of nitrogens with zero attached hydrogens (tertiary/aromatic N) is 3. The first-order chi connectivity index (χ1) is 10.8. The zero-order valence-corrected chi connectivity index (χ0v) is 14.8. The van der Waals surface area contributed by atoms with E-state index in [1.165, 1.54) is 0 Å². The van der Waals surface area contributed by atoms with Crippen LogP contribution in [-0.2, 0) is 11.3 Å². The maximum absolute atomic E-state index is 12.3. The van der Waals surface area contributed by atoms with Gasteiger partial charge in [0, 0.05) is 31.9 Å². The number of hydrogen-bond donors (Lipinski definition) is 1. The Morgan fingerprint density at radius 2 is 2.26 bits per heavy atom. The number of nitrogens with one attached hydrogen (secondary N) is 1. The first-order valence-electron chi connectivity index (χ1n) is 8.03. The smallest absolute Gasteiger partial charge is 0.410 e. The first kappa shape index (κ1) is 17.9. The highest BCUT2D eigenvalue weighted by atomic mass is 35.5. The first-order valence-corrected chi connectivity index (χ1v) is 8.41. The van der Waals surface area contributed by atoms with Crippen LogP contribution in [0.25, 0.3) is 0 Å². The summed E-state index contributed by atoms with van der Waals surface area (Å²) in [6.45, 7) is 7.73. The fourth-order valence-corrected chi connectivity index (χ4v) is 2.77. The second-order valence-electron chi connectivity index (χ2n) is 6.77. The Hall–Kier alpha value is -1.40. The molecule has 23 heavy (non-hydrogen) atoms. The van der Waals surface area contributed by atoms with Crippen LogP contribution in [0.3, 0.4) is 0 Å². The number of likely N-dealkylation sites (tertiary alicyclic amines) is 1. The van der Waals surface area contributed by atoms with Gasteiger partial charge in [0.2, 0.25) is 5.28 Å². The minimum absolute atomic E-state index is 0.149. The van der Waals surface area contributed by atoms with Crippen LogP contribution in [-0.4, -0.2) is 45.7 Å². The molecule has 1 aliphatic rings. The number of carbonyl (C=O) groups is 1. The molecule has 1 aliphatic heterocycles. The Bertz CT molecular complexity index is 533. The molecule has 0 unspecified atom stereocenters. The largest absolute Gasteiger partial charge is 0.444 e. The van der Waals surface area contributed by atoms with Crippen LogP contribution in [0.4, 0.5) is 4.79 Å². The molecule has 1 aromatic heterocycles. The molecule has 1 amide bonds.